The fraction of sp³-hybridized carbons (Fsp3) is 0.556. The molecule has 2 heterocycles. The summed E-state index contributed by atoms with van der Waals surface area (Å²) < 4.78 is 17.7. The number of carbonyl (C=O) groups is 2. The number of aliphatic hydroxyl groups excluding tert-OH is 2. The normalized spacial score (nSPS) is 32.8. The largest absolute Gasteiger partial charge is 0.478 e. The molecule has 6 N–H and O–H groups in total. The minimum absolute atomic E-state index is 0.0826. The molecule has 1 amide bonds. The van der Waals surface area contributed by atoms with E-state index in [1.807, 2.05) is 26.8 Å². The van der Waals surface area contributed by atoms with Crippen LogP contribution in [0.15, 0.2) is 84.6 Å². The van der Waals surface area contributed by atoms with Crippen LogP contribution >= 0.6 is 0 Å². The highest BCUT2D eigenvalue weighted by atomic mass is 16.6. The number of hydrogen-bond donors (Lipinski definition) is 6. The first kappa shape index (κ1) is 40.0. The molecule has 2 saturated heterocycles. The van der Waals surface area contributed by atoms with Crippen LogP contribution in [0.3, 0.4) is 0 Å². The minimum Gasteiger partial charge on any atom is -0.478 e. The monoisotopic (exact) mass is 659 g/mol. The van der Waals surface area contributed by atoms with Crippen molar-refractivity contribution in [3.05, 3.63) is 84.6 Å². The van der Waals surface area contributed by atoms with Gasteiger partial charge in [0, 0.05) is 38.5 Å². The van der Waals surface area contributed by atoms with E-state index in [0.717, 1.165) is 11.6 Å². The first-order valence-electron chi connectivity index (χ1n) is 16.0. The molecule has 0 aliphatic carbocycles. The predicted molar refractivity (Wildman–Crippen MR) is 179 cm³/mol. The molecule has 0 aromatic heterocycles. The van der Waals surface area contributed by atoms with Crippen LogP contribution in [0.5, 0.6) is 0 Å². The van der Waals surface area contributed by atoms with Crippen LogP contribution in [0, 0.1) is 11.8 Å². The van der Waals surface area contributed by atoms with Crippen molar-refractivity contribution in [1.82, 2.24) is 5.32 Å². The van der Waals surface area contributed by atoms with Crippen LogP contribution in [0.2, 0.25) is 0 Å². The van der Waals surface area contributed by atoms with Gasteiger partial charge in [-0.05, 0) is 32.8 Å². The van der Waals surface area contributed by atoms with E-state index in [-0.39, 0.29) is 37.5 Å². The molecule has 47 heavy (non-hydrogen) atoms. The minimum atomic E-state index is -1.98. The molecule has 0 radical (unpaired) electrons. The third-order valence-electron chi connectivity index (χ3n) is 8.64. The second-order valence-corrected chi connectivity index (χ2v) is 12.2. The molecule has 0 aromatic carbocycles. The van der Waals surface area contributed by atoms with E-state index in [4.69, 9.17) is 19.3 Å². The lowest BCUT2D eigenvalue weighted by Crippen LogP contribution is -2.64. The highest BCUT2D eigenvalue weighted by Gasteiger charge is 2.55. The van der Waals surface area contributed by atoms with Crippen molar-refractivity contribution in [3.8, 4) is 0 Å². The van der Waals surface area contributed by atoms with Gasteiger partial charge in [0.15, 0.2) is 5.79 Å². The third-order valence-corrected chi connectivity index (χ3v) is 8.64. The summed E-state index contributed by atoms with van der Waals surface area (Å²) in [5, 5.41) is 54.8. The zero-order valence-corrected chi connectivity index (χ0v) is 28.2. The Bertz CT molecular complexity index is 1230. The Morgan fingerprint density at radius 1 is 1.06 bits per heavy atom. The number of rotatable bonds is 16. The topological polar surface area (TPSA) is 175 Å². The van der Waals surface area contributed by atoms with Gasteiger partial charge in [-0.15, -0.1) is 0 Å². The number of aliphatic carboxylic acids is 1. The zero-order valence-electron chi connectivity index (χ0n) is 28.2. The molecule has 11 heteroatoms. The van der Waals surface area contributed by atoms with Gasteiger partial charge in [0.25, 0.3) is 0 Å². The Labute approximate surface area is 278 Å². The molecule has 0 saturated carbocycles. The number of carbonyl (C=O) groups excluding carboxylic acids is 1. The summed E-state index contributed by atoms with van der Waals surface area (Å²) in [4.78, 5) is 23.7. The highest BCUT2D eigenvalue weighted by Crippen LogP contribution is 2.40. The number of ether oxygens (including phenoxy) is 3. The molecule has 0 spiro atoms. The lowest BCUT2D eigenvalue weighted by molar-refractivity contribution is -0.329. The number of methoxy groups -OCH3 is 1. The molecule has 0 unspecified atom stereocenters. The van der Waals surface area contributed by atoms with Crippen molar-refractivity contribution in [2.75, 3.05) is 13.7 Å². The molecular weight excluding hydrogens is 606 g/mol. The average molecular weight is 660 g/mol. The lowest BCUT2D eigenvalue weighted by Gasteiger charge is -2.49. The van der Waals surface area contributed by atoms with Crippen molar-refractivity contribution < 1.29 is 49.3 Å². The molecule has 2 aliphatic heterocycles. The van der Waals surface area contributed by atoms with Gasteiger partial charge in [-0.25, -0.2) is 4.79 Å². The van der Waals surface area contributed by atoms with Gasteiger partial charge in [0.2, 0.25) is 5.91 Å². The van der Waals surface area contributed by atoms with Gasteiger partial charge >= 0.3 is 5.97 Å². The van der Waals surface area contributed by atoms with Crippen LogP contribution in [-0.4, -0.2) is 99.1 Å². The lowest BCUT2D eigenvalue weighted by atomic mass is 9.79. The number of hydrogen-bond acceptors (Lipinski definition) is 9. The van der Waals surface area contributed by atoms with Gasteiger partial charge in [-0.2, -0.15) is 0 Å². The number of amides is 1. The Balaban J connectivity index is 1.97. The Kier molecular flexibility index (Phi) is 16.2. The van der Waals surface area contributed by atoms with Gasteiger partial charge in [-0.1, -0.05) is 86.8 Å². The maximum absolute atomic E-state index is 13.1. The molecule has 11 nitrogen and oxygen atoms in total. The third kappa shape index (κ3) is 11.5. The van der Waals surface area contributed by atoms with Crippen molar-refractivity contribution in [2.24, 2.45) is 11.8 Å². The van der Waals surface area contributed by atoms with Crippen LogP contribution in [0.1, 0.15) is 53.9 Å². The maximum Gasteiger partial charge on any atom is 0.328 e. The second-order valence-electron chi connectivity index (χ2n) is 12.2. The van der Waals surface area contributed by atoms with Crippen molar-refractivity contribution in [2.45, 2.75) is 102 Å². The highest BCUT2D eigenvalue weighted by molar-refractivity contribution is 5.80. The molecule has 0 aromatic rings. The van der Waals surface area contributed by atoms with Crippen molar-refractivity contribution >= 4 is 11.9 Å². The quantitative estimate of drug-likeness (QED) is 0.107. The molecule has 2 rings (SSSR count). The van der Waals surface area contributed by atoms with E-state index in [9.17, 15) is 30.0 Å². The SMILES string of the molecule is C/C=C/C=C/[C@@H]1O[C@](O)([C@H](CC)C(=O)NC/C=C/C=C(\C)[C@@H](OC)[C@@H](C)[C@@H]2C[C@H](O)[C@H](/C=C/C=C/C=C/C(=O)O)O2)C[C@H](O)[C@@]1(C)O. The molecule has 0 bridgehead atoms. The number of carboxylic acid groups (broad SMARTS) is 1. The van der Waals surface area contributed by atoms with Gasteiger partial charge in [0.1, 0.15) is 17.8 Å². The summed E-state index contributed by atoms with van der Waals surface area (Å²) in [6.07, 6.45) is 17.5. The summed E-state index contributed by atoms with van der Waals surface area (Å²) in [7, 11) is 1.61. The Morgan fingerprint density at radius 2 is 1.74 bits per heavy atom. The van der Waals surface area contributed by atoms with E-state index in [1.165, 1.54) is 13.0 Å². The summed E-state index contributed by atoms with van der Waals surface area (Å²) in [5.41, 5.74) is -0.727. The standard InChI is InChI=1S/C36H53NO10/c1-7-9-12-19-31-35(5,43)30(39)23-36(44,47-31)26(8-2)34(42)37-21-16-15-17-24(3)33(45-6)25(4)29-22-27(38)28(46-29)18-13-10-11-14-20-32(40)41/h7,9-20,25-31,33,38-39,43-44H,8,21-23H2,1-6H3,(H,37,42)(H,40,41)/b9-7+,11-10+,16-15+,18-13+,19-12+,20-14+,24-17+/t25-,26+,27-,28-,29-,30-,31-,33+,35+,36-/m0/s1. The fourth-order valence-electron chi connectivity index (χ4n) is 5.85. The number of allylic oxidation sites excluding steroid dienone is 9. The Hall–Kier alpha value is -3.16. The summed E-state index contributed by atoms with van der Waals surface area (Å²) >= 11 is 0. The molecular formula is C36H53NO10. The summed E-state index contributed by atoms with van der Waals surface area (Å²) in [6, 6.07) is 0. The van der Waals surface area contributed by atoms with E-state index in [1.54, 1.807) is 74.8 Å². The second kappa shape index (κ2) is 19.0. The van der Waals surface area contributed by atoms with E-state index < -0.39 is 53.6 Å². The fourth-order valence-corrected chi connectivity index (χ4v) is 5.85. The van der Waals surface area contributed by atoms with E-state index in [2.05, 4.69) is 5.32 Å². The van der Waals surface area contributed by atoms with Crippen LogP contribution in [0.4, 0.5) is 0 Å². The molecule has 2 fully saturated rings. The van der Waals surface area contributed by atoms with Crippen molar-refractivity contribution in [3.63, 3.8) is 0 Å². The van der Waals surface area contributed by atoms with Crippen molar-refractivity contribution in [1.29, 1.82) is 0 Å². The first-order chi connectivity index (χ1) is 22.2. The summed E-state index contributed by atoms with van der Waals surface area (Å²) in [6.45, 7) is 9.11. The smallest absolute Gasteiger partial charge is 0.328 e. The molecule has 262 valence electrons. The number of aliphatic hydroxyl groups is 4. The predicted octanol–water partition coefficient (Wildman–Crippen LogP) is 3.28. The number of nitrogens with one attached hydrogen (secondary N) is 1. The van der Waals surface area contributed by atoms with Gasteiger partial charge in [-0.3, -0.25) is 4.79 Å². The van der Waals surface area contributed by atoms with Crippen LogP contribution in [0.25, 0.3) is 0 Å². The van der Waals surface area contributed by atoms with Gasteiger partial charge in [0.05, 0.1) is 30.3 Å². The Morgan fingerprint density at radius 3 is 2.38 bits per heavy atom. The van der Waals surface area contributed by atoms with E-state index >= 15 is 0 Å². The van der Waals surface area contributed by atoms with Crippen LogP contribution < -0.4 is 5.32 Å². The molecule has 10 atom stereocenters. The van der Waals surface area contributed by atoms with E-state index in [0.29, 0.717) is 6.42 Å². The number of carboxylic acids is 1. The first-order valence-corrected chi connectivity index (χ1v) is 16.0. The molecule has 2 aliphatic rings. The zero-order chi connectivity index (χ0) is 35.2. The van der Waals surface area contributed by atoms with Gasteiger partial charge < -0.3 is 45.1 Å². The summed E-state index contributed by atoms with van der Waals surface area (Å²) in [5.74, 6) is -4.52. The average Bonchev–Trinajstić information content (AvgIpc) is 3.38. The van der Waals surface area contributed by atoms with Crippen LogP contribution in [-0.2, 0) is 23.8 Å². The maximum atomic E-state index is 13.1.